The van der Waals surface area contributed by atoms with E-state index in [4.69, 9.17) is 21.7 Å². The van der Waals surface area contributed by atoms with E-state index in [1.807, 2.05) is 31.2 Å². The molecule has 1 fully saturated rings. The van der Waals surface area contributed by atoms with Gasteiger partial charge in [0.05, 0.1) is 32.0 Å². The molecule has 8 nitrogen and oxygen atoms in total. The third-order valence-electron chi connectivity index (χ3n) is 4.42. The Hall–Kier alpha value is -2.23. The molecule has 1 saturated heterocycles. The Morgan fingerprint density at radius 3 is 2.61 bits per heavy atom. The van der Waals surface area contributed by atoms with Crippen LogP contribution in [0, 0.1) is 0 Å². The van der Waals surface area contributed by atoms with Crippen molar-refractivity contribution in [2.75, 3.05) is 60.1 Å². The van der Waals surface area contributed by atoms with Crippen molar-refractivity contribution >= 4 is 28.9 Å². The highest BCUT2D eigenvalue weighted by Gasteiger charge is 2.12. The van der Waals surface area contributed by atoms with E-state index in [-0.39, 0.29) is 12.5 Å². The van der Waals surface area contributed by atoms with Gasteiger partial charge in [-0.25, -0.2) is 0 Å². The fraction of sp³-hybridized carbons (Fsp3) is 0.526. The van der Waals surface area contributed by atoms with Crippen molar-refractivity contribution < 1.29 is 19.2 Å². The molecule has 2 rings (SSSR count). The van der Waals surface area contributed by atoms with Crippen LogP contribution in [-0.2, 0) is 9.53 Å². The number of benzene rings is 1. The largest absolute Gasteiger partial charge is 0.484 e. The van der Waals surface area contributed by atoms with Crippen molar-refractivity contribution in [3.63, 3.8) is 0 Å². The second kappa shape index (κ2) is 11.6. The minimum absolute atomic E-state index is 0.0209. The molecular weight excluding hydrogens is 378 g/mol. The molecule has 0 radical (unpaired) electrons. The van der Waals surface area contributed by atoms with Crippen LogP contribution < -0.4 is 20.4 Å². The molecule has 9 heteroatoms. The Balaban J connectivity index is 1.72. The van der Waals surface area contributed by atoms with Gasteiger partial charge in [-0.3, -0.25) is 10.2 Å². The number of amides is 1. The first-order valence-electron chi connectivity index (χ1n) is 9.38. The summed E-state index contributed by atoms with van der Waals surface area (Å²) in [5.74, 6) is 0.560. The highest BCUT2D eigenvalue weighted by Crippen LogP contribution is 2.12. The zero-order valence-corrected chi connectivity index (χ0v) is 17.6. The summed E-state index contributed by atoms with van der Waals surface area (Å²) in [6.07, 6.45) is 0. The molecular formula is C19H30N5O3S+. The Labute approximate surface area is 171 Å². The van der Waals surface area contributed by atoms with Gasteiger partial charge >= 0.3 is 0 Å². The topological polar surface area (TPSA) is 79.6 Å². The Morgan fingerprint density at radius 1 is 1.29 bits per heavy atom. The molecule has 1 amide bonds. The van der Waals surface area contributed by atoms with E-state index in [0.717, 1.165) is 50.7 Å². The fourth-order valence-electron chi connectivity index (χ4n) is 2.57. The third kappa shape index (κ3) is 7.79. The van der Waals surface area contributed by atoms with Gasteiger partial charge in [-0.15, -0.1) is 0 Å². The van der Waals surface area contributed by atoms with E-state index in [2.05, 4.69) is 15.8 Å². The third-order valence-corrected chi connectivity index (χ3v) is 4.66. The van der Waals surface area contributed by atoms with Crippen LogP contribution in [0.3, 0.4) is 0 Å². The maximum absolute atomic E-state index is 11.6. The van der Waals surface area contributed by atoms with Crippen LogP contribution in [0.1, 0.15) is 12.5 Å². The lowest BCUT2D eigenvalue weighted by Crippen LogP contribution is -3.14. The number of rotatable bonds is 8. The number of hydrogen-bond acceptors (Lipinski definition) is 5. The van der Waals surface area contributed by atoms with Crippen LogP contribution in [0.25, 0.3) is 0 Å². The standard InChI is InChI=1S/C19H29N5O3S/c1-15(16-4-6-17(7-5-16)27-14-18(25)23(2)3)21-22-19(28)20-8-9-24-10-12-26-13-11-24/h4-7H,8-14H2,1-3H3,(H2,20,22,28)/p+1/b21-15-. The summed E-state index contributed by atoms with van der Waals surface area (Å²) in [6, 6.07) is 7.43. The molecule has 0 spiro atoms. The Kier molecular flexibility index (Phi) is 9.12. The van der Waals surface area contributed by atoms with Crippen molar-refractivity contribution in [3.05, 3.63) is 29.8 Å². The quantitative estimate of drug-likeness (QED) is 0.299. The van der Waals surface area contributed by atoms with E-state index in [1.54, 1.807) is 14.1 Å². The number of hydrogen-bond donors (Lipinski definition) is 3. The van der Waals surface area contributed by atoms with Crippen molar-refractivity contribution in [1.29, 1.82) is 0 Å². The van der Waals surface area contributed by atoms with E-state index in [1.165, 1.54) is 9.80 Å². The molecule has 0 bridgehead atoms. The molecule has 1 aromatic carbocycles. The summed E-state index contributed by atoms with van der Waals surface area (Å²) < 4.78 is 10.8. The Morgan fingerprint density at radius 2 is 1.96 bits per heavy atom. The summed E-state index contributed by atoms with van der Waals surface area (Å²) in [5.41, 5.74) is 4.63. The maximum atomic E-state index is 11.6. The SMILES string of the molecule is C/C(=N/NC(=S)NCC[NH+]1CCOCC1)c1ccc(OCC(=O)N(C)C)cc1. The van der Waals surface area contributed by atoms with Crippen LogP contribution in [0.4, 0.5) is 0 Å². The number of thiocarbonyl (C=S) groups is 1. The average Bonchev–Trinajstić information content (AvgIpc) is 2.71. The number of likely N-dealkylation sites (N-methyl/N-ethyl adjacent to an activating group) is 1. The van der Waals surface area contributed by atoms with E-state index in [9.17, 15) is 4.79 Å². The van der Waals surface area contributed by atoms with Crippen LogP contribution in [0.2, 0.25) is 0 Å². The zero-order valence-electron chi connectivity index (χ0n) is 16.8. The lowest BCUT2D eigenvalue weighted by Gasteiger charge is -2.23. The number of hydrazone groups is 1. The molecule has 0 atom stereocenters. The van der Waals surface area contributed by atoms with Gasteiger partial charge in [-0.05, 0) is 49.0 Å². The molecule has 0 aliphatic carbocycles. The Bertz CT molecular complexity index is 673. The molecule has 1 aliphatic rings. The van der Waals surface area contributed by atoms with Gasteiger partial charge in [0.2, 0.25) is 0 Å². The monoisotopic (exact) mass is 408 g/mol. The number of quaternary nitrogens is 1. The van der Waals surface area contributed by atoms with E-state index >= 15 is 0 Å². The van der Waals surface area contributed by atoms with Gasteiger partial charge in [0.25, 0.3) is 5.91 Å². The summed E-state index contributed by atoms with van der Waals surface area (Å²) in [7, 11) is 3.40. The first-order chi connectivity index (χ1) is 13.5. The second-order valence-corrected chi connectivity index (χ2v) is 7.19. The number of carbonyl (C=O) groups is 1. The van der Waals surface area contributed by atoms with Crippen LogP contribution in [-0.4, -0.2) is 81.7 Å². The normalized spacial score (nSPS) is 15.0. The molecule has 0 aromatic heterocycles. The van der Waals surface area contributed by atoms with Crippen molar-refractivity contribution in [1.82, 2.24) is 15.6 Å². The summed E-state index contributed by atoms with van der Waals surface area (Å²) >= 11 is 5.27. The minimum Gasteiger partial charge on any atom is -0.484 e. The van der Waals surface area contributed by atoms with Gasteiger partial charge in [0.1, 0.15) is 18.8 Å². The lowest BCUT2D eigenvalue weighted by atomic mass is 10.1. The average molecular weight is 409 g/mol. The first-order valence-corrected chi connectivity index (χ1v) is 9.79. The lowest BCUT2D eigenvalue weighted by molar-refractivity contribution is -0.906. The van der Waals surface area contributed by atoms with Gasteiger partial charge in [0, 0.05) is 14.1 Å². The number of nitrogens with one attached hydrogen (secondary N) is 3. The van der Waals surface area contributed by atoms with Crippen molar-refractivity contribution in [2.24, 2.45) is 5.10 Å². The molecule has 3 N–H and O–H groups in total. The van der Waals surface area contributed by atoms with E-state index in [0.29, 0.717) is 10.9 Å². The van der Waals surface area contributed by atoms with Gasteiger partial charge in [-0.2, -0.15) is 5.10 Å². The highest BCUT2D eigenvalue weighted by atomic mass is 32.1. The molecule has 1 aromatic rings. The van der Waals surface area contributed by atoms with Gasteiger partial charge in [-0.1, -0.05) is 0 Å². The number of ether oxygens (including phenoxy) is 2. The second-order valence-electron chi connectivity index (χ2n) is 6.78. The molecule has 1 heterocycles. The summed E-state index contributed by atoms with van der Waals surface area (Å²) in [4.78, 5) is 14.6. The predicted octanol–water partition coefficient (Wildman–Crippen LogP) is -0.743. The van der Waals surface area contributed by atoms with Gasteiger partial charge in [0.15, 0.2) is 11.7 Å². The van der Waals surface area contributed by atoms with E-state index < -0.39 is 0 Å². The fourth-order valence-corrected chi connectivity index (χ4v) is 2.72. The number of carbonyl (C=O) groups excluding carboxylic acids is 1. The number of nitrogens with zero attached hydrogens (tertiary/aromatic N) is 2. The number of morpholine rings is 1. The minimum atomic E-state index is -0.0812. The summed E-state index contributed by atoms with van der Waals surface area (Å²) in [5, 5.41) is 8.01. The van der Waals surface area contributed by atoms with Crippen molar-refractivity contribution in [3.8, 4) is 5.75 Å². The zero-order chi connectivity index (χ0) is 20.4. The van der Waals surface area contributed by atoms with Gasteiger partial charge < -0.3 is 24.6 Å². The summed E-state index contributed by atoms with van der Waals surface area (Å²) in [6.45, 7) is 7.48. The van der Waals surface area contributed by atoms with Crippen LogP contribution in [0.5, 0.6) is 5.75 Å². The maximum Gasteiger partial charge on any atom is 0.259 e. The molecule has 154 valence electrons. The van der Waals surface area contributed by atoms with Crippen LogP contribution >= 0.6 is 12.2 Å². The highest BCUT2D eigenvalue weighted by molar-refractivity contribution is 7.80. The predicted molar refractivity (Wildman–Crippen MR) is 113 cm³/mol. The smallest absolute Gasteiger partial charge is 0.259 e. The molecule has 0 unspecified atom stereocenters. The molecule has 1 aliphatic heterocycles. The first kappa shape index (κ1) is 22.1. The van der Waals surface area contributed by atoms with Crippen LogP contribution in [0.15, 0.2) is 29.4 Å². The van der Waals surface area contributed by atoms with Crippen molar-refractivity contribution in [2.45, 2.75) is 6.92 Å². The molecule has 28 heavy (non-hydrogen) atoms. The molecule has 0 saturated carbocycles.